The molecule has 1 atom stereocenters. The summed E-state index contributed by atoms with van der Waals surface area (Å²) in [5.74, 6) is -0.0917. The van der Waals surface area contributed by atoms with Crippen LogP contribution < -0.4 is 5.43 Å². The summed E-state index contributed by atoms with van der Waals surface area (Å²) < 4.78 is 0. The van der Waals surface area contributed by atoms with Crippen molar-refractivity contribution in [3.05, 3.63) is 35.9 Å². The fourth-order valence-electron chi connectivity index (χ4n) is 4.90. The Morgan fingerprint density at radius 2 is 1.96 bits per heavy atom. The number of hydrogen-bond donors (Lipinski definition) is 1. The maximum atomic E-state index is 12.8. The fraction of sp³-hybridized carbons (Fsp3) is 0.591. The maximum Gasteiger partial charge on any atom is 0.270 e. The summed E-state index contributed by atoms with van der Waals surface area (Å²) >= 11 is 0. The normalized spacial score (nSPS) is 25.6. The summed E-state index contributed by atoms with van der Waals surface area (Å²) in [6, 6.07) is 10.7. The number of benzene rings is 1. The summed E-state index contributed by atoms with van der Waals surface area (Å²) in [6.07, 6.45) is 6.62. The van der Waals surface area contributed by atoms with Gasteiger partial charge < -0.3 is 9.80 Å². The van der Waals surface area contributed by atoms with Crippen molar-refractivity contribution in [2.45, 2.75) is 44.9 Å². The first kappa shape index (κ1) is 19.1. The largest absolute Gasteiger partial charge is 0.337 e. The van der Waals surface area contributed by atoms with E-state index in [0.29, 0.717) is 18.6 Å². The molecule has 0 saturated carbocycles. The number of likely N-dealkylation sites (tertiary alicyclic amines) is 2. The summed E-state index contributed by atoms with van der Waals surface area (Å²) in [5, 5.41) is 3.99. The first-order valence-corrected chi connectivity index (χ1v) is 10.5. The Hall–Kier alpha value is -2.21. The van der Waals surface area contributed by atoms with Crippen LogP contribution in [-0.2, 0) is 16.0 Å². The molecule has 0 bridgehead atoms. The van der Waals surface area contributed by atoms with Gasteiger partial charge in [0.2, 0.25) is 5.91 Å². The Bertz CT molecular complexity index is 748. The molecule has 6 nitrogen and oxygen atoms in total. The van der Waals surface area contributed by atoms with E-state index in [4.69, 9.17) is 0 Å². The molecule has 1 spiro atoms. The predicted octanol–water partition coefficient (Wildman–Crippen LogP) is 2.20. The smallest absolute Gasteiger partial charge is 0.270 e. The monoisotopic (exact) mass is 382 g/mol. The minimum Gasteiger partial charge on any atom is -0.337 e. The van der Waals surface area contributed by atoms with E-state index in [2.05, 4.69) is 45.8 Å². The molecule has 1 N–H and O–H groups in total. The number of rotatable bonds is 5. The van der Waals surface area contributed by atoms with Crippen molar-refractivity contribution in [1.29, 1.82) is 0 Å². The molecule has 0 radical (unpaired) electrons. The zero-order chi connectivity index (χ0) is 19.4. The number of carbonyl (C=O) groups is 2. The molecule has 6 heteroatoms. The van der Waals surface area contributed by atoms with Crippen LogP contribution in [-0.4, -0.2) is 60.0 Å². The molecule has 3 heterocycles. The van der Waals surface area contributed by atoms with Crippen LogP contribution in [0.3, 0.4) is 0 Å². The van der Waals surface area contributed by atoms with Gasteiger partial charge in [-0.05, 0) is 50.8 Å². The van der Waals surface area contributed by atoms with Crippen LogP contribution in [0, 0.1) is 5.41 Å². The molecule has 1 aromatic rings. The molecule has 150 valence electrons. The Kier molecular flexibility index (Phi) is 5.76. The van der Waals surface area contributed by atoms with Crippen LogP contribution in [0.25, 0.3) is 0 Å². The quantitative estimate of drug-likeness (QED) is 0.849. The lowest BCUT2D eigenvalue weighted by molar-refractivity contribution is -0.124. The molecule has 2 fully saturated rings. The first-order valence-electron chi connectivity index (χ1n) is 10.5. The SMILES string of the molecule is O=C1CCC(C(=O)N2CC[C@]3(CCCN(CCCc4ccccc4)C3)C2)=NN1. The average molecular weight is 383 g/mol. The Labute approximate surface area is 167 Å². The van der Waals surface area contributed by atoms with Crippen molar-refractivity contribution in [3.63, 3.8) is 0 Å². The lowest BCUT2D eigenvalue weighted by Gasteiger charge is -2.40. The lowest BCUT2D eigenvalue weighted by atomic mass is 9.79. The topological polar surface area (TPSA) is 65.0 Å². The van der Waals surface area contributed by atoms with Gasteiger partial charge in [-0.25, -0.2) is 5.43 Å². The van der Waals surface area contributed by atoms with Crippen molar-refractivity contribution in [1.82, 2.24) is 15.2 Å². The van der Waals surface area contributed by atoms with E-state index in [1.165, 1.54) is 31.4 Å². The van der Waals surface area contributed by atoms with Crippen LogP contribution in [0.2, 0.25) is 0 Å². The van der Waals surface area contributed by atoms with Crippen LogP contribution >= 0.6 is 0 Å². The van der Waals surface area contributed by atoms with Gasteiger partial charge in [-0.2, -0.15) is 5.10 Å². The van der Waals surface area contributed by atoms with Gasteiger partial charge in [0.05, 0.1) is 0 Å². The van der Waals surface area contributed by atoms with Crippen LogP contribution in [0.1, 0.15) is 44.1 Å². The van der Waals surface area contributed by atoms with Gasteiger partial charge in [0, 0.05) is 37.9 Å². The third-order valence-electron chi connectivity index (χ3n) is 6.40. The van der Waals surface area contributed by atoms with E-state index in [1.54, 1.807) is 0 Å². The fourth-order valence-corrected chi connectivity index (χ4v) is 4.90. The Morgan fingerprint density at radius 3 is 2.75 bits per heavy atom. The summed E-state index contributed by atoms with van der Waals surface area (Å²) in [5.41, 5.74) is 4.60. The molecule has 28 heavy (non-hydrogen) atoms. The lowest BCUT2D eigenvalue weighted by Crippen LogP contribution is -2.46. The number of aryl methyl sites for hydroxylation is 1. The maximum absolute atomic E-state index is 12.8. The minimum atomic E-state index is -0.104. The molecule has 2 amide bonds. The van der Waals surface area contributed by atoms with E-state index < -0.39 is 0 Å². The highest BCUT2D eigenvalue weighted by molar-refractivity contribution is 6.39. The number of hydrogen-bond acceptors (Lipinski definition) is 4. The molecule has 4 rings (SSSR count). The van der Waals surface area contributed by atoms with Gasteiger partial charge in [-0.3, -0.25) is 9.59 Å². The third-order valence-corrected chi connectivity index (χ3v) is 6.40. The molecule has 1 aromatic carbocycles. The Morgan fingerprint density at radius 1 is 1.11 bits per heavy atom. The van der Waals surface area contributed by atoms with E-state index in [-0.39, 0.29) is 17.2 Å². The molecule has 3 aliphatic rings. The van der Waals surface area contributed by atoms with Crippen LogP contribution in [0.5, 0.6) is 0 Å². The zero-order valence-corrected chi connectivity index (χ0v) is 16.5. The summed E-state index contributed by atoms with van der Waals surface area (Å²) in [6.45, 7) is 5.03. The van der Waals surface area contributed by atoms with Gasteiger partial charge in [-0.1, -0.05) is 30.3 Å². The van der Waals surface area contributed by atoms with E-state index in [9.17, 15) is 9.59 Å². The van der Waals surface area contributed by atoms with Gasteiger partial charge in [0.15, 0.2) is 0 Å². The number of carbonyl (C=O) groups excluding carboxylic acids is 2. The van der Waals surface area contributed by atoms with Crippen molar-refractivity contribution in [2.75, 3.05) is 32.7 Å². The van der Waals surface area contributed by atoms with E-state index in [1.807, 2.05) is 4.90 Å². The zero-order valence-electron chi connectivity index (χ0n) is 16.5. The molecule has 0 unspecified atom stereocenters. The van der Waals surface area contributed by atoms with E-state index in [0.717, 1.165) is 39.0 Å². The Balaban J connectivity index is 1.29. The molecular formula is C22H30N4O2. The minimum absolute atomic E-state index is 0.0121. The van der Waals surface area contributed by atoms with Crippen molar-refractivity contribution in [2.24, 2.45) is 10.5 Å². The van der Waals surface area contributed by atoms with Gasteiger partial charge >= 0.3 is 0 Å². The third kappa shape index (κ3) is 4.43. The van der Waals surface area contributed by atoms with Gasteiger partial charge in [0.25, 0.3) is 5.91 Å². The molecule has 3 aliphatic heterocycles. The number of nitrogens with zero attached hydrogens (tertiary/aromatic N) is 3. The highest BCUT2D eigenvalue weighted by atomic mass is 16.2. The van der Waals surface area contributed by atoms with Crippen molar-refractivity contribution < 1.29 is 9.59 Å². The average Bonchev–Trinajstić information content (AvgIpc) is 3.12. The van der Waals surface area contributed by atoms with Crippen molar-refractivity contribution >= 4 is 17.5 Å². The number of nitrogens with one attached hydrogen (secondary N) is 1. The second-order valence-corrected chi connectivity index (χ2v) is 8.54. The number of hydrazone groups is 1. The van der Waals surface area contributed by atoms with E-state index >= 15 is 0 Å². The summed E-state index contributed by atoms with van der Waals surface area (Å²) in [4.78, 5) is 28.6. The number of piperidine rings is 1. The second-order valence-electron chi connectivity index (χ2n) is 8.54. The van der Waals surface area contributed by atoms with Crippen molar-refractivity contribution in [3.8, 4) is 0 Å². The van der Waals surface area contributed by atoms with Crippen LogP contribution in [0.4, 0.5) is 0 Å². The number of amides is 2. The molecule has 0 aromatic heterocycles. The summed E-state index contributed by atoms with van der Waals surface area (Å²) in [7, 11) is 0. The first-order chi connectivity index (χ1) is 13.6. The van der Waals surface area contributed by atoms with Gasteiger partial charge in [-0.15, -0.1) is 0 Å². The highest BCUT2D eigenvalue weighted by Crippen LogP contribution is 2.39. The molecule has 0 aliphatic carbocycles. The molecular weight excluding hydrogens is 352 g/mol. The highest BCUT2D eigenvalue weighted by Gasteiger charge is 2.43. The predicted molar refractivity (Wildman–Crippen MR) is 109 cm³/mol. The standard InChI is InChI=1S/C22H30N4O2/c27-20-10-9-19(23-24-20)21(28)26-15-12-22(17-26)11-5-14-25(16-22)13-4-8-18-6-2-1-3-7-18/h1-3,6-7H,4-5,8-17H2,(H,24,27)/t22-/m0/s1. The second kappa shape index (κ2) is 8.43. The molecule has 2 saturated heterocycles. The van der Waals surface area contributed by atoms with Gasteiger partial charge in [0.1, 0.15) is 5.71 Å². The van der Waals surface area contributed by atoms with Crippen LogP contribution in [0.15, 0.2) is 35.4 Å².